The Morgan fingerprint density at radius 2 is 2.00 bits per heavy atom. The van der Waals surface area contributed by atoms with Gasteiger partial charge in [0.2, 0.25) is 11.8 Å². The van der Waals surface area contributed by atoms with Crippen molar-refractivity contribution in [3.8, 4) is 0 Å². The summed E-state index contributed by atoms with van der Waals surface area (Å²) < 4.78 is 0.787. The summed E-state index contributed by atoms with van der Waals surface area (Å²) in [5, 5.41) is 2.25. The molecule has 1 aromatic heterocycles. The van der Waals surface area contributed by atoms with Crippen LogP contribution in [0.1, 0.15) is 5.56 Å². The summed E-state index contributed by atoms with van der Waals surface area (Å²) in [6.07, 6.45) is 1.71. The molecule has 0 spiro atoms. The van der Waals surface area contributed by atoms with Crippen LogP contribution in [0.5, 0.6) is 0 Å². The number of aromatic nitrogens is 1. The van der Waals surface area contributed by atoms with Gasteiger partial charge in [-0.3, -0.25) is 14.9 Å². The maximum atomic E-state index is 11.2. The van der Waals surface area contributed by atoms with Gasteiger partial charge in [-0.15, -0.1) is 0 Å². The second-order valence-corrected chi connectivity index (χ2v) is 4.50. The smallest absolute Gasteiger partial charge is 0.246 e. The molecule has 0 bridgehead atoms. The molecule has 1 aliphatic heterocycles. The van der Waals surface area contributed by atoms with Crippen LogP contribution in [0, 0.1) is 6.92 Å². The molecule has 0 atom stereocenters. The topological polar surface area (TPSA) is 62.3 Å². The highest BCUT2D eigenvalue weighted by atomic mass is 79.9. The number of hydrogen-bond donors (Lipinski definition) is 1. The van der Waals surface area contributed by atoms with Crippen molar-refractivity contribution in [3.63, 3.8) is 0 Å². The number of amides is 2. The molecule has 1 aliphatic rings. The third-order valence-corrected chi connectivity index (χ3v) is 2.79. The maximum Gasteiger partial charge on any atom is 0.246 e. The van der Waals surface area contributed by atoms with Gasteiger partial charge in [0.05, 0.1) is 17.6 Å². The highest BCUT2D eigenvalue weighted by Gasteiger charge is 2.24. The minimum Gasteiger partial charge on any atom is -0.337 e. The molecule has 16 heavy (non-hydrogen) atoms. The summed E-state index contributed by atoms with van der Waals surface area (Å²) >= 11 is 3.38. The largest absolute Gasteiger partial charge is 0.337 e. The van der Waals surface area contributed by atoms with Crippen molar-refractivity contribution in [2.75, 3.05) is 18.0 Å². The average Bonchev–Trinajstić information content (AvgIpc) is 2.15. The first-order chi connectivity index (χ1) is 7.56. The summed E-state index contributed by atoms with van der Waals surface area (Å²) in [5.74, 6) is 0.0184. The Labute approximate surface area is 101 Å². The first kappa shape index (κ1) is 11.1. The fraction of sp³-hybridized carbons (Fsp3) is 0.300. The average molecular weight is 284 g/mol. The van der Waals surface area contributed by atoms with Crippen LogP contribution in [0.15, 0.2) is 16.7 Å². The van der Waals surface area contributed by atoms with Crippen LogP contribution in [0.4, 0.5) is 5.82 Å². The quantitative estimate of drug-likeness (QED) is 0.768. The van der Waals surface area contributed by atoms with Crippen LogP contribution in [-0.2, 0) is 9.59 Å². The van der Waals surface area contributed by atoms with Crippen molar-refractivity contribution in [3.05, 3.63) is 22.3 Å². The van der Waals surface area contributed by atoms with Gasteiger partial charge in [-0.2, -0.15) is 0 Å². The molecule has 1 N–H and O–H groups in total. The van der Waals surface area contributed by atoms with Gasteiger partial charge >= 0.3 is 0 Å². The first-order valence-electron chi connectivity index (χ1n) is 4.76. The van der Waals surface area contributed by atoms with Gasteiger partial charge in [0, 0.05) is 6.20 Å². The number of hydrogen-bond acceptors (Lipinski definition) is 4. The third kappa shape index (κ3) is 2.21. The number of carbonyl (C=O) groups is 2. The summed E-state index contributed by atoms with van der Waals surface area (Å²) in [7, 11) is 0. The highest BCUT2D eigenvalue weighted by molar-refractivity contribution is 9.10. The molecule has 0 unspecified atom stereocenters. The van der Waals surface area contributed by atoms with Crippen molar-refractivity contribution in [1.82, 2.24) is 10.3 Å². The van der Waals surface area contributed by atoms with E-state index in [9.17, 15) is 9.59 Å². The molecular formula is C10H10BrN3O2. The predicted octanol–water partition coefficient (Wildman–Crippen LogP) is 0.615. The van der Waals surface area contributed by atoms with Gasteiger partial charge in [0.15, 0.2) is 0 Å². The zero-order valence-electron chi connectivity index (χ0n) is 8.66. The van der Waals surface area contributed by atoms with Crippen LogP contribution in [-0.4, -0.2) is 29.9 Å². The molecule has 0 aliphatic carbocycles. The Hall–Kier alpha value is -1.43. The summed E-state index contributed by atoms with van der Waals surface area (Å²) in [6, 6.07) is 1.90. The van der Waals surface area contributed by atoms with E-state index in [1.807, 2.05) is 13.0 Å². The number of aryl methyl sites for hydroxylation is 1. The molecule has 5 nitrogen and oxygen atoms in total. The molecule has 1 aromatic rings. The standard InChI is InChI=1S/C10H10BrN3O2/c1-6-2-7(11)10(12-3-6)14-4-8(15)13-9(16)5-14/h2-3H,4-5H2,1H3,(H,13,15,16). The Bertz CT molecular complexity index is 445. The minimum atomic E-state index is -0.300. The normalized spacial score (nSPS) is 16.2. The molecule has 1 saturated heterocycles. The van der Waals surface area contributed by atoms with Gasteiger partial charge in [-0.25, -0.2) is 4.98 Å². The molecular weight excluding hydrogens is 274 g/mol. The molecule has 2 amide bonds. The van der Waals surface area contributed by atoms with Crippen molar-refractivity contribution < 1.29 is 9.59 Å². The lowest BCUT2D eigenvalue weighted by Gasteiger charge is -2.27. The Morgan fingerprint density at radius 1 is 1.38 bits per heavy atom. The third-order valence-electron chi connectivity index (χ3n) is 2.21. The van der Waals surface area contributed by atoms with Gasteiger partial charge in [-0.1, -0.05) is 0 Å². The Morgan fingerprint density at radius 3 is 2.56 bits per heavy atom. The molecule has 0 saturated carbocycles. The first-order valence-corrected chi connectivity index (χ1v) is 5.55. The SMILES string of the molecule is Cc1cnc(N2CC(=O)NC(=O)C2)c(Br)c1. The summed E-state index contributed by atoms with van der Waals surface area (Å²) in [6.45, 7) is 2.23. The molecule has 0 aromatic carbocycles. The molecule has 2 heterocycles. The lowest BCUT2D eigenvalue weighted by atomic mass is 10.3. The van der Waals surface area contributed by atoms with E-state index < -0.39 is 0 Å². The van der Waals surface area contributed by atoms with Crippen LogP contribution >= 0.6 is 15.9 Å². The zero-order chi connectivity index (χ0) is 11.7. The van der Waals surface area contributed by atoms with Crippen molar-refractivity contribution in [2.45, 2.75) is 6.92 Å². The van der Waals surface area contributed by atoms with Crippen LogP contribution < -0.4 is 10.2 Å². The molecule has 84 valence electrons. The number of piperazine rings is 1. The fourth-order valence-corrected chi connectivity index (χ4v) is 2.26. The van der Waals surface area contributed by atoms with Crippen molar-refractivity contribution >= 4 is 33.6 Å². The number of rotatable bonds is 1. The monoisotopic (exact) mass is 283 g/mol. The van der Waals surface area contributed by atoms with E-state index in [1.54, 1.807) is 11.1 Å². The van der Waals surface area contributed by atoms with Crippen LogP contribution in [0.3, 0.4) is 0 Å². The lowest BCUT2D eigenvalue weighted by molar-refractivity contribution is -0.130. The minimum absolute atomic E-state index is 0.153. The summed E-state index contributed by atoms with van der Waals surface area (Å²) in [5.41, 5.74) is 1.02. The van der Waals surface area contributed by atoms with E-state index in [2.05, 4.69) is 26.2 Å². The van der Waals surface area contributed by atoms with E-state index in [0.29, 0.717) is 5.82 Å². The van der Waals surface area contributed by atoms with E-state index in [0.717, 1.165) is 10.0 Å². The molecule has 1 fully saturated rings. The van der Waals surface area contributed by atoms with E-state index in [1.165, 1.54) is 0 Å². The Balaban J connectivity index is 2.29. The van der Waals surface area contributed by atoms with E-state index in [4.69, 9.17) is 0 Å². The number of imide groups is 1. The number of carbonyl (C=O) groups excluding carboxylic acids is 2. The number of nitrogens with one attached hydrogen (secondary N) is 1. The van der Waals surface area contributed by atoms with Crippen molar-refractivity contribution in [2.24, 2.45) is 0 Å². The molecule has 0 radical (unpaired) electrons. The maximum absolute atomic E-state index is 11.2. The van der Waals surface area contributed by atoms with Crippen LogP contribution in [0.2, 0.25) is 0 Å². The van der Waals surface area contributed by atoms with Gasteiger partial charge in [0.25, 0.3) is 0 Å². The lowest BCUT2D eigenvalue weighted by Crippen LogP contribution is -2.51. The zero-order valence-corrected chi connectivity index (χ0v) is 10.2. The highest BCUT2D eigenvalue weighted by Crippen LogP contribution is 2.24. The number of halogens is 1. The fourth-order valence-electron chi connectivity index (χ4n) is 1.55. The van der Waals surface area contributed by atoms with E-state index >= 15 is 0 Å². The Kier molecular flexibility index (Phi) is 2.91. The number of pyridine rings is 1. The predicted molar refractivity (Wildman–Crippen MR) is 62.0 cm³/mol. The van der Waals surface area contributed by atoms with E-state index in [-0.39, 0.29) is 24.9 Å². The van der Waals surface area contributed by atoms with Crippen molar-refractivity contribution in [1.29, 1.82) is 0 Å². The molecule has 2 rings (SSSR count). The second-order valence-electron chi connectivity index (χ2n) is 3.65. The molecule has 6 heteroatoms. The van der Waals surface area contributed by atoms with Gasteiger partial charge in [-0.05, 0) is 34.5 Å². The number of anilines is 1. The van der Waals surface area contributed by atoms with Gasteiger partial charge < -0.3 is 4.90 Å². The van der Waals surface area contributed by atoms with Gasteiger partial charge in [0.1, 0.15) is 5.82 Å². The second kappa shape index (κ2) is 4.21. The number of nitrogens with zero attached hydrogens (tertiary/aromatic N) is 2. The van der Waals surface area contributed by atoms with Crippen LogP contribution in [0.25, 0.3) is 0 Å². The summed E-state index contributed by atoms with van der Waals surface area (Å²) in [4.78, 5) is 28.3.